The van der Waals surface area contributed by atoms with Crippen LogP contribution in [0.4, 0.5) is 0 Å². The van der Waals surface area contributed by atoms with Crippen molar-refractivity contribution in [2.75, 3.05) is 6.61 Å². The maximum Gasteiger partial charge on any atom is 0.398 e. The van der Waals surface area contributed by atoms with Crippen LogP contribution in [0.15, 0.2) is 24.3 Å². The second kappa shape index (κ2) is 9.19. The van der Waals surface area contributed by atoms with Crippen molar-refractivity contribution in [2.24, 2.45) is 0 Å². The zero-order valence-electron chi connectivity index (χ0n) is 13.6. The Kier molecular flexibility index (Phi) is 7.93. The Hall–Kier alpha value is -0.803. The van der Waals surface area contributed by atoms with Gasteiger partial charge in [0.25, 0.3) is 0 Å². The summed E-state index contributed by atoms with van der Waals surface area (Å²) in [6.45, 7) is 9.63. The van der Waals surface area contributed by atoms with Crippen LogP contribution in [0.2, 0.25) is 12.1 Å². The number of benzene rings is 1. The van der Waals surface area contributed by atoms with Crippen LogP contribution in [0.5, 0.6) is 5.75 Å². The number of rotatable bonds is 10. The van der Waals surface area contributed by atoms with Crippen molar-refractivity contribution in [2.45, 2.75) is 65.5 Å². The van der Waals surface area contributed by atoms with Gasteiger partial charge >= 0.3 is 8.56 Å². The molecule has 0 N–H and O–H groups in total. The van der Waals surface area contributed by atoms with E-state index >= 15 is 0 Å². The highest BCUT2D eigenvalue weighted by atomic mass is 28.4. The molecule has 0 saturated heterocycles. The normalized spacial score (nSPS) is 11.6. The molecule has 0 saturated carbocycles. The number of hydrogen-bond acceptors (Lipinski definition) is 2. The molecular formula is C17H30O2Si. The highest BCUT2D eigenvalue weighted by Crippen LogP contribution is 2.27. The first kappa shape index (κ1) is 17.2. The van der Waals surface area contributed by atoms with E-state index in [-0.39, 0.29) is 0 Å². The van der Waals surface area contributed by atoms with Crippen LogP contribution in [0.1, 0.15) is 52.5 Å². The number of unbranched alkanes of at least 4 members (excludes halogenated alkanes) is 2. The van der Waals surface area contributed by atoms with Crippen LogP contribution >= 0.6 is 0 Å². The van der Waals surface area contributed by atoms with Gasteiger partial charge < -0.3 is 8.85 Å². The van der Waals surface area contributed by atoms with E-state index in [0.717, 1.165) is 37.3 Å². The molecule has 1 aromatic rings. The van der Waals surface area contributed by atoms with Crippen LogP contribution < -0.4 is 4.43 Å². The molecule has 0 radical (unpaired) electrons. The molecule has 0 atom stereocenters. The lowest BCUT2D eigenvalue weighted by Crippen LogP contribution is -2.44. The van der Waals surface area contributed by atoms with Crippen molar-refractivity contribution in [3.8, 4) is 5.75 Å². The molecule has 1 aromatic carbocycles. The Labute approximate surface area is 125 Å². The molecule has 0 amide bonds. The number of aryl methyl sites for hydroxylation is 1. The first-order chi connectivity index (χ1) is 9.71. The average Bonchev–Trinajstić information content (AvgIpc) is 2.51. The van der Waals surface area contributed by atoms with Gasteiger partial charge in [0.15, 0.2) is 0 Å². The van der Waals surface area contributed by atoms with Crippen molar-refractivity contribution >= 4 is 8.56 Å². The molecule has 0 aliphatic rings. The zero-order chi connectivity index (χ0) is 14.8. The summed E-state index contributed by atoms with van der Waals surface area (Å²) in [5.41, 5.74) is 1.28. The van der Waals surface area contributed by atoms with Crippen LogP contribution in [-0.4, -0.2) is 15.2 Å². The molecule has 3 heteroatoms. The Morgan fingerprint density at radius 2 is 1.65 bits per heavy atom. The third kappa shape index (κ3) is 4.95. The van der Waals surface area contributed by atoms with Gasteiger partial charge in [-0.2, -0.15) is 0 Å². The largest absolute Gasteiger partial charge is 0.520 e. The zero-order valence-corrected chi connectivity index (χ0v) is 14.6. The molecule has 1 rings (SSSR count). The fourth-order valence-electron chi connectivity index (χ4n) is 2.33. The molecule has 0 bridgehead atoms. The maximum absolute atomic E-state index is 6.42. The van der Waals surface area contributed by atoms with Crippen LogP contribution in [0.25, 0.3) is 0 Å². The van der Waals surface area contributed by atoms with Crippen LogP contribution in [0, 0.1) is 0 Å². The van der Waals surface area contributed by atoms with E-state index in [9.17, 15) is 0 Å². The van der Waals surface area contributed by atoms with E-state index in [1.807, 2.05) is 0 Å². The smallest absolute Gasteiger partial charge is 0.398 e. The fraction of sp³-hybridized carbons (Fsp3) is 0.647. The van der Waals surface area contributed by atoms with Gasteiger partial charge in [0, 0.05) is 6.61 Å². The lowest BCUT2D eigenvalue weighted by Gasteiger charge is -2.30. The molecule has 20 heavy (non-hydrogen) atoms. The molecule has 0 unspecified atom stereocenters. The number of hydrogen-bond donors (Lipinski definition) is 0. The lowest BCUT2D eigenvalue weighted by molar-refractivity contribution is 0.230. The van der Waals surface area contributed by atoms with Gasteiger partial charge in [-0.25, -0.2) is 0 Å². The summed E-state index contributed by atoms with van der Waals surface area (Å²) in [4.78, 5) is 0. The monoisotopic (exact) mass is 294 g/mol. The van der Waals surface area contributed by atoms with Crippen LogP contribution in [0.3, 0.4) is 0 Å². The van der Waals surface area contributed by atoms with E-state index in [1.54, 1.807) is 0 Å². The van der Waals surface area contributed by atoms with E-state index in [4.69, 9.17) is 8.85 Å². The lowest BCUT2D eigenvalue weighted by atomic mass is 10.1. The minimum absolute atomic E-state index is 0.843. The van der Waals surface area contributed by atoms with E-state index in [0.29, 0.717) is 0 Å². The summed E-state index contributed by atoms with van der Waals surface area (Å²) in [5.74, 6) is 1.03. The highest BCUT2D eigenvalue weighted by molar-refractivity contribution is 6.68. The fourth-order valence-corrected chi connectivity index (χ4v) is 4.71. The third-order valence-corrected chi connectivity index (χ3v) is 7.32. The predicted octanol–water partition coefficient (Wildman–Crippen LogP) is 5.32. The molecule has 0 heterocycles. The molecule has 0 aliphatic heterocycles. The topological polar surface area (TPSA) is 18.5 Å². The summed E-state index contributed by atoms with van der Waals surface area (Å²) in [7, 11) is -2.08. The summed E-state index contributed by atoms with van der Waals surface area (Å²) in [6.07, 6.45) is 4.62. The predicted molar refractivity (Wildman–Crippen MR) is 88.6 cm³/mol. The Bertz CT molecular complexity index is 375. The molecule has 0 spiro atoms. The van der Waals surface area contributed by atoms with Crippen molar-refractivity contribution in [1.82, 2.24) is 0 Å². The van der Waals surface area contributed by atoms with E-state index in [1.165, 1.54) is 18.4 Å². The molecule has 0 fully saturated rings. The summed E-state index contributed by atoms with van der Waals surface area (Å²) >= 11 is 0. The average molecular weight is 295 g/mol. The second-order valence-electron chi connectivity index (χ2n) is 5.24. The summed E-state index contributed by atoms with van der Waals surface area (Å²) in [6, 6.07) is 10.4. The molecule has 114 valence electrons. The molecule has 0 aliphatic carbocycles. The standard InChI is InChI=1S/C17H30O2Si/c1-5-9-12-15-18-20(7-3,8-4)19-17-14-11-10-13-16(17)6-2/h10-11,13-14H,5-9,12,15H2,1-4H3. The van der Waals surface area contributed by atoms with E-state index in [2.05, 4.69) is 52.0 Å². The van der Waals surface area contributed by atoms with Crippen molar-refractivity contribution in [1.29, 1.82) is 0 Å². The Morgan fingerprint density at radius 3 is 2.25 bits per heavy atom. The van der Waals surface area contributed by atoms with Crippen molar-refractivity contribution in [3.05, 3.63) is 29.8 Å². The first-order valence-corrected chi connectivity index (χ1v) is 10.3. The van der Waals surface area contributed by atoms with Gasteiger partial charge in [-0.05, 0) is 36.6 Å². The highest BCUT2D eigenvalue weighted by Gasteiger charge is 2.36. The quantitative estimate of drug-likeness (QED) is 0.429. The third-order valence-electron chi connectivity index (χ3n) is 3.84. The van der Waals surface area contributed by atoms with Gasteiger partial charge in [0.05, 0.1) is 0 Å². The maximum atomic E-state index is 6.42. The van der Waals surface area contributed by atoms with Crippen LogP contribution in [-0.2, 0) is 10.8 Å². The Balaban J connectivity index is 2.74. The SMILES string of the molecule is CCCCCO[Si](CC)(CC)Oc1ccccc1CC. The molecule has 0 aromatic heterocycles. The van der Waals surface area contributed by atoms with Gasteiger partial charge in [-0.15, -0.1) is 0 Å². The summed E-state index contributed by atoms with van der Waals surface area (Å²) in [5, 5.41) is 0. The van der Waals surface area contributed by atoms with Crippen molar-refractivity contribution in [3.63, 3.8) is 0 Å². The van der Waals surface area contributed by atoms with Gasteiger partial charge in [0.2, 0.25) is 0 Å². The Morgan fingerprint density at radius 1 is 0.950 bits per heavy atom. The molecule has 2 nitrogen and oxygen atoms in total. The second-order valence-corrected chi connectivity index (χ2v) is 8.97. The first-order valence-electron chi connectivity index (χ1n) is 8.12. The van der Waals surface area contributed by atoms with Gasteiger partial charge in [-0.3, -0.25) is 0 Å². The minimum Gasteiger partial charge on any atom is -0.520 e. The van der Waals surface area contributed by atoms with E-state index < -0.39 is 8.56 Å². The van der Waals surface area contributed by atoms with Crippen molar-refractivity contribution < 1.29 is 8.85 Å². The number of para-hydroxylation sites is 1. The summed E-state index contributed by atoms with van der Waals surface area (Å²) < 4.78 is 12.7. The van der Waals surface area contributed by atoms with Gasteiger partial charge in [-0.1, -0.05) is 58.7 Å². The minimum atomic E-state index is -2.08. The van der Waals surface area contributed by atoms with Gasteiger partial charge in [0.1, 0.15) is 5.75 Å². The molecular weight excluding hydrogens is 264 g/mol.